The molecule has 1 rings (SSSR count). The Kier molecular flexibility index (Phi) is 2.99. The van der Waals surface area contributed by atoms with Gasteiger partial charge in [-0.25, -0.2) is 0 Å². The fourth-order valence-corrected chi connectivity index (χ4v) is 1.56. The summed E-state index contributed by atoms with van der Waals surface area (Å²) in [5, 5.41) is 0. The Labute approximate surface area is 78.1 Å². The maximum Gasteiger partial charge on any atom is 0.242 e. The minimum atomic E-state index is -2.51. The number of hydrogen-bond acceptors (Lipinski definition) is 3. The van der Waals surface area contributed by atoms with Crippen LogP contribution in [0.25, 0.3) is 0 Å². The van der Waals surface area contributed by atoms with Crippen molar-refractivity contribution in [2.45, 2.75) is 0 Å². The third-order valence-corrected chi connectivity index (χ3v) is 2.02. The molecule has 0 bridgehead atoms. The third kappa shape index (κ3) is 3.11. The molecule has 0 fully saturated rings. The molecule has 0 unspecified atom stereocenters. The quantitative estimate of drug-likeness (QED) is 0.703. The minimum Gasteiger partial charge on any atom is -0.493 e. The average Bonchev–Trinajstić information content (AvgIpc) is 2.02. The lowest BCUT2D eigenvalue weighted by Crippen LogP contribution is -1.92. The van der Waals surface area contributed by atoms with Crippen LogP contribution in [0, 0.1) is 0 Å². The van der Waals surface area contributed by atoms with Gasteiger partial charge in [0.1, 0.15) is 0 Å². The molecule has 0 amide bonds. The van der Waals surface area contributed by atoms with E-state index < -0.39 is 7.37 Å². The zero-order chi connectivity index (χ0) is 9.90. The van der Waals surface area contributed by atoms with Crippen molar-refractivity contribution in [1.82, 2.24) is 0 Å². The molecule has 0 saturated carbocycles. The average molecular weight is 200 g/mol. The van der Waals surface area contributed by atoms with Crippen molar-refractivity contribution >= 4 is 7.37 Å². The Balaban J connectivity index is 2.94. The molecule has 0 radical (unpaired) electrons. The van der Waals surface area contributed by atoms with Crippen LogP contribution in [0.2, 0.25) is 0 Å². The number of rotatable bonds is 3. The standard InChI is InChI=1S/C9H13O3P/c1-11-8-6-4-5-7-9(8)12-13(2,3)10/h4-7H,1-3H3. The first-order valence-electron chi connectivity index (χ1n) is 3.90. The first-order chi connectivity index (χ1) is 6.03. The molecule has 0 aromatic heterocycles. The SMILES string of the molecule is COc1ccccc1OP(C)(C)=O. The Bertz CT molecular complexity index is 329. The maximum atomic E-state index is 11.4. The monoisotopic (exact) mass is 200 g/mol. The Hall–Kier alpha value is -0.950. The summed E-state index contributed by atoms with van der Waals surface area (Å²) >= 11 is 0. The lowest BCUT2D eigenvalue weighted by atomic mass is 10.3. The first-order valence-corrected chi connectivity index (χ1v) is 6.42. The molecule has 1 aromatic carbocycles. The van der Waals surface area contributed by atoms with Crippen molar-refractivity contribution < 1.29 is 13.8 Å². The molecule has 0 saturated heterocycles. The van der Waals surface area contributed by atoms with Crippen LogP contribution in [0.5, 0.6) is 11.5 Å². The molecular formula is C9H13O3P. The maximum absolute atomic E-state index is 11.4. The van der Waals surface area contributed by atoms with E-state index in [1.54, 1.807) is 32.6 Å². The van der Waals surface area contributed by atoms with Gasteiger partial charge in [0.25, 0.3) is 0 Å². The second-order valence-corrected chi connectivity index (χ2v) is 5.68. The van der Waals surface area contributed by atoms with Crippen LogP contribution < -0.4 is 9.26 Å². The summed E-state index contributed by atoms with van der Waals surface area (Å²) in [7, 11) is -0.954. The Morgan fingerprint density at radius 1 is 1.15 bits per heavy atom. The van der Waals surface area contributed by atoms with Gasteiger partial charge in [-0.15, -0.1) is 0 Å². The molecule has 0 aliphatic rings. The summed E-state index contributed by atoms with van der Waals surface area (Å²) in [6.07, 6.45) is 0. The van der Waals surface area contributed by atoms with Crippen molar-refractivity contribution in [3.05, 3.63) is 24.3 Å². The van der Waals surface area contributed by atoms with Crippen LogP contribution >= 0.6 is 7.37 Å². The highest BCUT2D eigenvalue weighted by molar-refractivity contribution is 7.57. The normalized spacial score (nSPS) is 11.0. The minimum absolute atomic E-state index is 0.526. The number of benzene rings is 1. The van der Waals surface area contributed by atoms with Crippen LogP contribution in [0.4, 0.5) is 0 Å². The Morgan fingerprint density at radius 3 is 2.15 bits per heavy atom. The summed E-state index contributed by atoms with van der Waals surface area (Å²) in [6.45, 7) is 3.14. The Morgan fingerprint density at radius 2 is 1.69 bits per heavy atom. The summed E-state index contributed by atoms with van der Waals surface area (Å²) in [5.41, 5.74) is 0. The van der Waals surface area contributed by atoms with E-state index in [0.717, 1.165) is 0 Å². The molecule has 72 valence electrons. The van der Waals surface area contributed by atoms with Crippen LogP contribution in [0.3, 0.4) is 0 Å². The molecule has 0 aliphatic heterocycles. The van der Waals surface area contributed by atoms with Gasteiger partial charge >= 0.3 is 0 Å². The molecule has 0 aliphatic carbocycles. The third-order valence-electron chi connectivity index (χ3n) is 1.39. The van der Waals surface area contributed by atoms with E-state index in [2.05, 4.69) is 0 Å². The van der Waals surface area contributed by atoms with Crippen molar-refractivity contribution in [1.29, 1.82) is 0 Å². The molecule has 1 aromatic rings. The van der Waals surface area contributed by atoms with Crippen molar-refractivity contribution in [3.63, 3.8) is 0 Å². The lowest BCUT2D eigenvalue weighted by molar-refractivity contribution is 0.391. The van der Waals surface area contributed by atoms with Crippen molar-refractivity contribution in [3.8, 4) is 11.5 Å². The van der Waals surface area contributed by atoms with E-state index in [1.807, 2.05) is 12.1 Å². The first kappa shape index (κ1) is 10.1. The highest BCUT2D eigenvalue weighted by Gasteiger charge is 2.11. The lowest BCUT2D eigenvalue weighted by Gasteiger charge is -2.12. The number of ether oxygens (including phenoxy) is 1. The summed E-state index contributed by atoms with van der Waals surface area (Å²) in [4.78, 5) is 0. The van der Waals surface area contributed by atoms with Crippen molar-refractivity contribution in [2.75, 3.05) is 20.4 Å². The van der Waals surface area contributed by atoms with Crippen molar-refractivity contribution in [2.24, 2.45) is 0 Å². The molecule has 13 heavy (non-hydrogen) atoms. The fraction of sp³-hybridized carbons (Fsp3) is 0.333. The molecule has 0 atom stereocenters. The second-order valence-electron chi connectivity index (χ2n) is 2.99. The number of hydrogen-bond donors (Lipinski definition) is 0. The second kappa shape index (κ2) is 3.84. The van der Waals surface area contributed by atoms with E-state index >= 15 is 0 Å². The molecule has 0 heterocycles. The van der Waals surface area contributed by atoms with Gasteiger partial charge in [-0.1, -0.05) is 12.1 Å². The molecular weight excluding hydrogens is 187 g/mol. The molecule has 4 heteroatoms. The van der Waals surface area contributed by atoms with E-state index in [1.165, 1.54) is 0 Å². The summed E-state index contributed by atoms with van der Waals surface area (Å²) < 4.78 is 21.7. The number of methoxy groups -OCH3 is 1. The van der Waals surface area contributed by atoms with E-state index in [0.29, 0.717) is 11.5 Å². The summed E-state index contributed by atoms with van der Waals surface area (Å²) in [6, 6.07) is 7.15. The van der Waals surface area contributed by atoms with Gasteiger partial charge in [0.2, 0.25) is 7.37 Å². The van der Waals surface area contributed by atoms with Gasteiger partial charge in [-0.2, -0.15) is 0 Å². The highest BCUT2D eigenvalue weighted by atomic mass is 31.2. The zero-order valence-corrected chi connectivity index (χ0v) is 8.88. The van der Waals surface area contributed by atoms with E-state index in [9.17, 15) is 4.57 Å². The number of para-hydroxylation sites is 2. The topological polar surface area (TPSA) is 35.5 Å². The van der Waals surface area contributed by atoms with Gasteiger partial charge in [-0.05, 0) is 12.1 Å². The highest BCUT2D eigenvalue weighted by Crippen LogP contribution is 2.42. The molecule has 0 spiro atoms. The smallest absolute Gasteiger partial charge is 0.242 e. The zero-order valence-electron chi connectivity index (χ0n) is 7.98. The molecule has 3 nitrogen and oxygen atoms in total. The van der Waals surface area contributed by atoms with Gasteiger partial charge in [-0.3, -0.25) is 4.57 Å². The predicted molar refractivity (Wildman–Crippen MR) is 53.1 cm³/mol. The van der Waals surface area contributed by atoms with E-state index in [-0.39, 0.29) is 0 Å². The largest absolute Gasteiger partial charge is 0.493 e. The van der Waals surface area contributed by atoms with Gasteiger partial charge in [0, 0.05) is 13.3 Å². The fourth-order valence-electron chi connectivity index (χ4n) is 0.931. The van der Waals surface area contributed by atoms with Crippen LogP contribution in [0.1, 0.15) is 0 Å². The van der Waals surface area contributed by atoms with Crippen LogP contribution in [-0.4, -0.2) is 20.4 Å². The van der Waals surface area contributed by atoms with Gasteiger partial charge in [0.05, 0.1) is 7.11 Å². The summed E-state index contributed by atoms with van der Waals surface area (Å²) in [5.74, 6) is 1.13. The van der Waals surface area contributed by atoms with Gasteiger partial charge < -0.3 is 9.26 Å². The molecule has 0 N–H and O–H groups in total. The van der Waals surface area contributed by atoms with Crippen LogP contribution in [0.15, 0.2) is 24.3 Å². The van der Waals surface area contributed by atoms with Crippen LogP contribution in [-0.2, 0) is 4.57 Å². The predicted octanol–water partition coefficient (Wildman–Crippen LogP) is 2.61. The van der Waals surface area contributed by atoms with Gasteiger partial charge in [0.15, 0.2) is 11.5 Å². The van der Waals surface area contributed by atoms with E-state index in [4.69, 9.17) is 9.26 Å².